The van der Waals surface area contributed by atoms with Gasteiger partial charge >= 0.3 is 0 Å². The van der Waals surface area contributed by atoms with Gasteiger partial charge in [0.1, 0.15) is 4.88 Å². The Hall–Kier alpha value is -2.54. The van der Waals surface area contributed by atoms with Crippen LogP contribution in [-0.2, 0) is 11.2 Å². The van der Waals surface area contributed by atoms with E-state index >= 15 is 0 Å². The molecule has 6 nitrogen and oxygen atoms in total. The third kappa shape index (κ3) is 3.35. The molecule has 2 heterocycles. The van der Waals surface area contributed by atoms with Gasteiger partial charge in [-0.1, -0.05) is 67.6 Å². The molecule has 0 unspecified atom stereocenters. The Bertz CT molecular complexity index is 839. The van der Waals surface area contributed by atoms with Crippen molar-refractivity contribution in [1.29, 1.82) is 0 Å². The van der Waals surface area contributed by atoms with Crippen molar-refractivity contribution in [3.05, 3.63) is 36.0 Å². The molecule has 1 amide bonds. The highest BCUT2D eigenvalue weighted by Gasteiger charge is 2.20. The molecule has 0 radical (unpaired) electrons. The standard InChI is InChI=1S/C17H18N4O2S/c1-4-12-13(24-17(18-12)20-15(22)10(2)3)16-19-14(21-23-16)11-8-6-5-7-9-11/h5-10H,4H2,1-3H3,(H,18,20,22). The van der Waals surface area contributed by atoms with Crippen LogP contribution in [0.3, 0.4) is 0 Å². The lowest BCUT2D eigenvalue weighted by atomic mass is 10.2. The first-order valence-electron chi connectivity index (χ1n) is 7.78. The fraction of sp³-hybridized carbons (Fsp3) is 0.294. The average Bonchev–Trinajstić information content (AvgIpc) is 3.22. The molecule has 0 aliphatic heterocycles. The van der Waals surface area contributed by atoms with Crippen LogP contribution in [0.5, 0.6) is 0 Å². The smallest absolute Gasteiger partial charge is 0.270 e. The van der Waals surface area contributed by atoms with Crippen LogP contribution in [0.15, 0.2) is 34.9 Å². The van der Waals surface area contributed by atoms with Gasteiger partial charge in [-0.3, -0.25) is 4.79 Å². The number of anilines is 1. The van der Waals surface area contributed by atoms with Crippen LogP contribution in [0.1, 0.15) is 26.5 Å². The van der Waals surface area contributed by atoms with Gasteiger partial charge in [-0.25, -0.2) is 4.98 Å². The van der Waals surface area contributed by atoms with Gasteiger partial charge in [0.25, 0.3) is 5.89 Å². The number of amides is 1. The van der Waals surface area contributed by atoms with Crippen LogP contribution in [-0.4, -0.2) is 21.0 Å². The molecule has 1 N–H and O–H groups in total. The Balaban J connectivity index is 1.90. The average molecular weight is 342 g/mol. The highest BCUT2D eigenvalue weighted by molar-refractivity contribution is 7.19. The summed E-state index contributed by atoms with van der Waals surface area (Å²) in [7, 11) is 0. The summed E-state index contributed by atoms with van der Waals surface area (Å²) in [4.78, 5) is 21.6. The van der Waals surface area contributed by atoms with Gasteiger partial charge < -0.3 is 9.84 Å². The third-order valence-corrected chi connectivity index (χ3v) is 4.44. The molecular formula is C17H18N4O2S. The molecular weight excluding hydrogens is 324 g/mol. The van der Waals surface area contributed by atoms with Crippen molar-refractivity contribution in [1.82, 2.24) is 15.1 Å². The zero-order chi connectivity index (χ0) is 17.1. The van der Waals surface area contributed by atoms with Crippen molar-refractivity contribution in [2.75, 3.05) is 5.32 Å². The Morgan fingerprint density at radius 1 is 1.25 bits per heavy atom. The van der Waals surface area contributed by atoms with Crippen molar-refractivity contribution in [2.24, 2.45) is 5.92 Å². The number of aryl methyl sites for hydroxylation is 1. The van der Waals surface area contributed by atoms with Crippen molar-refractivity contribution in [3.8, 4) is 22.2 Å². The number of aromatic nitrogens is 3. The van der Waals surface area contributed by atoms with E-state index in [1.807, 2.05) is 51.1 Å². The van der Waals surface area contributed by atoms with Gasteiger partial charge in [-0.2, -0.15) is 4.98 Å². The third-order valence-electron chi connectivity index (χ3n) is 3.44. The maximum atomic E-state index is 11.9. The van der Waals surface area contributed by atoms with Crippen LogP contribution >= 0.6 is 11.3 Å². The predicted molar refractivity (Wildman–Crippen MR) is 93.7 cm³/mol. The maximum absolute atomic E-state index is 11.9. The molecule has 7 heteroatoms. The minimum Gasteiger partial charge on any atom is -0.333 e. The highest BCUT2D eigenvalue weighted by atomic mass is 32.1. The summed E-state index contributed by atoms with van der Waals surface area (Å²) in [5, 5.41) is 7.42. The van der Waals surface area contributed by atoms with Gasteiger partial charge in [0.15, 0.2) is 5.13 Å². The second-order valence-corrected chi connectivity index (χ2v) is 6.58. The molecule has 3 rings (SSSR count). The van der Waals surface area contributed by atoms with Gasteiger partial charge in [0, 0.05) is 11.5 Å². The number of carbonyl (C=O) groups is 1. The largest absolute Gasteiger partial charge is 0.333 e. The number of nitrogens with one attached hydrogen (secondary N) is 1. The number of hydrogen-bond donors (Lipinski definition) is 1. The van der Waals surface area contributed by atoms with Crippen molar-refractivity contribution in [3.63, 3.8) is 0 Å². The minimum absolute atomic E-state index is 0.0616. The number of thiazole rings is 1. The van der Waals surface area contributed by atoms with E-state index in [1.165, 1.54) is 11.3 Å². The summed E-state index contributed by atoms with van der Waals surface area (Å²) in [5.74, 6) is 0.797. The number of carbonyl (C=O) groups excluding carboxylic acids is 1. The molecule has 0 saturated carbocycles. The fourth-order valence-corrected chi connectivity index (χ4v) is 3.06. The summed E-state index contributed by atoms with van der Waals surface area (Å²) in [6.07, 6.45) is 0.715. The van der Waals surface area contributed by atoms with Gasteiger partial charge in [-0.15, -0.1) is 0 Å². The van der Waals surface area contributed by atoms with Crippen LogP contribution in [0.4, 0.5) is 5.13 Å². The summed E-state index contributed by atoms with van der Waals surface area (Å²) in [6, 6.07) is 9.64. The fourth-order valence-electron chi connectivity index (χ4n) is 2.08. The molecule has 0 atom stereocenters. The first-order chi connectivity index (χ1) is 11.6. The number of rotatable bonds is 5. The quantitative estimate of drug-likeness (QED) is 0.757. The molecule has 2 aromatic heterocycles. The number of hydrogen-bond acceptors (Lipinski definition) is 6. The van der Waals surface area contributed by atoms with E-state index in [4.69, 9.17) is 4.52 Å². The van der Waals surface area contributed by atoms with E-state index in [9.17, 15) is 4.79 Å². The molecule has 0 spiro atoms. The number of nitrogens with zero attached hydrogens (tertiary/aromatic N) is 3. The lowest BCUT2D eigenvalue weighted by Crippen LogP contribution is -2.17. The van der Waals surface area contributed by atoms with Gasteiger partial charge in [-0.05, 0) is 6.42 Å². The first-order valence-corrected chi connectivity index (χ1v) is 8.60. The molecule has 3 aromatic rings. The van der Waals surface area contributed by atoms with Gasteiger partial charge in [0.05, 0.1) is 5.69 Å². The van der Waals surface area contributed by atoms with E-state index in [0.717, 1.165) is 16.1 Å². The number of benzene rings is 1. The normalized spacial score (nSPS) is 11.0. The van der Waals surface area contributed by atoms with Crippen molar-refractivity contribution < 1.29 is 9.32 Å². The maximum Gasteiger partial charge on any atom is 0.270 e. The SMILES string of the molecule is CCc1nc(NC(=O)C(C)C)sc1-c1nc(-c2ccccc2)no1. The van der Waals surface area contributed by atoms with Crippen molar-refractivity contribution in [2.45, 2.75) is 27.2 Å². The molecule has 0 saturated heterocycles. The van der Waals surface area contributed by atoms with Crippen LogP contribution < -0.4 is 5.32 Å². The second kappa shape index (κ2) is 6.92. The zero-order valence-corrected chi connectivity index (χ0v) is 14.6. The van der Waals surface area contributed by atoms with Crippen LogP contribution in [0.25, 0.3) is 22.2 Å². The second-order valence-electron chi connectivity index (χ2n) is 5.58. The summed E-state index contributed by atoms with van der Waals surface area (Å²) >= 11 is 1.35. The molecule has 0 aliphatic carbocycles. The van der Waals surface area contributed by atoms with E-state index < -0.39 is 0 Å². The summed E-state index contributed by atoms with van der Waals surface area (Å²) in [6.45, 7) is 5.69. The van der Waals surface area contributed by atoms with E-state index in [0.29, 0.717) is 23.3 Å². The molecule has 0 aliphatic rings. The van der Waals surface area contributed by atoms with Gasteiger partial charge in [0.2, 0.25) is 11.7 Å². The first kappa shape index (κ1) is 16.3. The van der Waals surface area contributed by atoms with E-state index in [2.05, 4.69) is 20.4 Å². The molecule has 24 heavy (non-hydrogen) atoms. The molecule has 1 aromatic carbocycles. The predicted octanol–water partition coefficient (Wildman–Crippen LogP) is 4.02. The highest BCUT2D eigenvalue weighted by Crippen LogP contribution is 2.33. The van der Waals surface area contributed by atoms with Crippen LogP contribution in [0.2, 0.25) is 0 Å². The summed E-state index contributed by atoms with van der Waals surface area (Å²) in [5.41, 5.74) is 1.73. The molecule has 0 fully saturated rings. The van der Waals surface area contributed by atoms with Crippen molar-refractivity contribution >= 4 is 22.4 Å². The topological polar surface area (TPSA) is 80.9 Å². The lowest BCUT2D eigenvalue weighted by Gasteiger charge is -2.02. The minimum atomic E-state index is -0.101. The Morgan fingerprint density at radius 2 is 2.00 bits per heavy atom. The Kier molecular flexibility index (Phi) is 4.71. The monoisotopic (exact) mass is 342 g/mol. The Labute approximate surface area is 143 Å². The Morgan fingerprint density at radius 3 is 2.67 bits per heavy atom. The lowest BCUT2D eigenvalue weighted by molar-refractivity contribution is -0.118. The molecule has 124 valence electrons. The molecule has 0 bridgehead atoms. The van der Waals surface area contributed by atoms with Crippen LogP contribution in [0, 0.1) is 5.92 Å². The van der Waals surface area contributed by atoms with E-state index in [-0.39, 0.29) is 11.8 Å². The zero-order valence-electron chi connectivity index (χ0n) is 13.7. The summed E-state index contributed by atoms with van der Waals surface area (Å²) < 4.78 is 5.41. The van der Waals surface area contributed by atoms with E-state index in [1.54, 1.807) is 0 Å².